The van der Waals surface area contributed by atoms with Crippen LogP contribution in [0.2, 0.25) is 10.1 Å². The average molecular weight is 653 g/mol. The van der Waals surface area contributed by atoms with Gasteiger partial charge in [-0.05, 0) is 53.7 Å². The third-order valence-electron chi connectivity index (χ3n) is 9.77. The zero-order valence-electron chi connectivity index (χ0n) is 29.0. The lowest BCUT2D eigenvalue weighted by Gasteiger charge is -2.39. The highest BCUT2D eigenvalue weighted by Gasteiger charge is 2.48. The van der Waals surface area contributed by atoms with Gasteiger partial charge in [-0.3, -0.25) is 0 Å². The molecule has 6 rings (SSSR count). The predicted octanol–water partition coefficient (Wildman–Crippen LogP) is 8.75. The molecular formula is C46H44Si2. The summed E-state index contributed by atoms with van der Waals surface area (Å²) in [4.78, 5) is 0. The predicted molar refractivity (Wildman–Crippen MR) is 213 cm³/mol. The lowest BCUT2D eigenvalue weighted by atomic mass is 10.0. The Labute approximate surface area is 289 Å². The topological polar surface area (TPSA) is 0 Å². The highest BCUT2D eigenvalue weighted by Crippen LogP contribution is 2.37. The molecule has 0 atom stereocenters. The van der Waals surface area contributed by atoms with Crippen LogP contribution in [0.1, 0.15) is 52.7 Å². The van der Waals surface area contributed by atoms with Crippen LogP contribution in [-0.4, -0.2) is 16.1 Å². The van der Waals surface area contributed by atoms with E-state index in [0.717, 1.165) is 21.9 Å². The Hall–Kier alpha value is -4.87. The van der Waals surface area contributed by atoms with Gasteiger partial charge in [-0.1, -0.05) is 199 Å². The van der Waals surface area contributed by atoms with E-state index in [2.05, 4.69) is 222 Å². The van der Waals surface area contributed by atoms with Gasteiger partial charge in [0.15, 0.2) is 0 Å². The molecular weight excluding hydrogens is 609 g/mol. The van der Waals surface area contributed by atoms with E-state index in [9.17, 15) is 0 Å². The van der Waals surface area contributed by atoms with Crippen LogP contribution in [0, 0.1) is 22.9 Å². The molecule has 0 aromatic heterocycles. The molecule has 0 radical (unpaired) electrons. The smallest absolute Gasteiger partial charge is 0.114 e. The van der Waals surface area contributed by atoms with Gasteiger partial charge in [0.2, 0.25) is 16.1 Å². The Balaban J connectivity index is 1.56. The van der Waals surface area contributed by atoms with E-state index in [1.54, 1.807) is 0 Å². The van der Waals surface area contributed by atoms with E-state index in [1.807, 2.05) is 0 Å². The summed E-state index contributed by atoms with van der Waals surface area (Å²) in [7, 11) is -5.11. The molecule has 0 heterocycles. The van der Waals surface area contributed by atoms with Crippen molar-refractivity contribution in [3.05, 3.63) is 169 Å². The fraction of sp³-hybridized carbons (Fsp3) is 0.174. The molecule has 0 aliphatic carbocycles. The van der Waals surface area contributed by atoms with Crippen molar-refractivity contribution >= 4 is 47.7 Å². The Morgan fingerprint density at radius 2 is 0.583 bits per heavy atom. The Bertz CT molecular complexity index is 1890. The Morgan fingerprint density at radius 3 is 0.833 bits per heavy atom. The molecule has 0 aliphatic heterocycles. The maximum Gasteiger partial charge on any atom is 0.204 e. The van der Waals surface area contributed by atoms with E-state index >= 15 is 0 Å². The van der Waals surface area contributed by atoms with Gasteiger partial charge in [0.05, 0.1) is 0 Å². The van der Waals surface area contributed by atoms with Gasteiger partial charge in [-0.2, -0.15) is 0 Å². The molecule has 0 fully saturated rings. The minimum Gasteiger partial charge on any atom is -0.114 e. The van der Waals surface area contributed by atoms with Crippen molar-refractivity contribution in [3.63, 3.8) is 0 Å². The number of hydrogen-bond donors (Lipinski definition) is 0. The second-order valence-electron chi connectivity index (χ2n) is 14.7. The lowest BCUT2D eigenvalue weighted by molar-refractivity contribution is 0.740. The zero-order chi connectivity index (χ0) is 33.8. The fourth-order valence-electron chi connectivity index (χ4n) is 7.32. The minimum atomic E-state index is -2.55. The van der Waals surface area contributed by atoms with Gasteiger partial charge >= 0.3 is 0 Å². The van der Waals surface area contributed by atoms with Crippen LogP contribution < -0.4 is 20.7 Å². The van der Waals surface area contributed by atoms with Gasteiger partial charge in [-0.15, -0.1) is 11.1 Å². The van der Waals surface area contributed by atoms with E-state index in [0.29, 0.717) is 0 Å². The van der Waals surface area contributed by atoms with E-state index < -0.39 is 16.1 Å². The van der Waals surface area contributed by atoms with Gasteiger partial charge in [0.1, 0.15) is 0 Å². The highest BCUT2D eigenvalue weighted by molar-refractivity contribution is 7.10. The standard InChI is InChI=1S/C46H44Si2/c1-45(2,3)47(39-21-11-7-12-22-39,40-23-13-8-14-24-40)35-33-37-31-32-38(44-30-20-19-29-43(37)44)34-36-48(46(4,5)6,41-25-15-9-16-26-41)42-27-17-10-18-28-42/h7-32H,1-6H3. The highest BCUT2D eigenvalue weighted by atomic mass is 28.3. The number of hydrogen-bond acceptors (Lipinski definition) is 0. The fourth-order valence-corrected chi connectivity index (χ4v) is 16.2. The van der Waals surface area contributed by atoms with Crippen LogP contribution in [-0.2, 0) is 0 Å². The van der Waals surface area contributed by atoms with Crippen molar-refractivity contribution in [2.45, 2.75) is 51.6 Å². The molecule has 0 amide bonds. The molecule has 0 N–H and O–H groups in total. The monoisotopic (exact) mass is 652 g/mol. The average Bonchev–Trinajstić information content (AvgIpc) is 3.10. The van der Waals surface area contributed by atoms with Crippen molar-refractivity contribution in [3.8, 4) is 22.9 Å². The summed E-state index contributed by atoms with van der Waals surface area (Å²) in [6.45, 7) is 14.1. The van der Waals surface area contributed by atoms with Crippen molar-refractivity contribution in [2.24, 2.45) is 0 Å². The second kappa shape index (κ2) is 13.3. The van der Waals surface area contributed by atoms with Crippen molar-refractivity contribution in [2.75, 3.05) is 0 Å². The molecule has 0 unspecified atom stereocenters. The first-order valence-corrected chi connectivity index (χ1v) is 20.9. The van der Waals surface area contributed by atoms with E-state index in [1.165, 1.54) is 20.7 Å². The lowest BCUT2D eigenvalue weighted by Crippen LogP contribution is -2.63. The second-order valence-corrected chi connectivity index (χ2v) is 23.5. The third kappa shape index (κ3) is 5.99. The van der Waals surface area contributed by atoms with Crippen LogP contribution in [0.5, 0.6) is 0 Å². The minimum absolute atomic E-state index is 0.0419. The van der Waals surface area contributed by atoms with Gasteiger partial charge in [0, 0.05) is 11.1 Å². The maximum atomic E-state index is 4.01. The summed E-state index contributed by atoms with van der Waals surface area (Å²) < 4.78 is 0. The molecule has 236 valence electrons. The van der Waals surface area contributed by atoms with Crippen molar-refractivity contribution in [1.82, 2.24) is 0 Å². The van der Waals surface area contributed by atoms with Crippen molar-refractivity contribution in [1.29, 1.82) is 0 Å². The molecule has 6 aromatic rings. The first kappa shape index (κ1) is 33.1. The molecule has 6 aromatic carbocycles. The molecule has 0 saturated carbocycles. The summed E-state index contributed by atoms with van der Waals surface area (Å²) in [6.07, 6.45) is 0. The molecule has 0 nitrogen and oxygen atoms in total. The van der Waals surface area contributed by atoms with Crippen LogP contribution in [0.3, 0.4) is 0 Å². The van der Waals surface area contributed by atoms with Crippen LogP contribution >= 0.6 is 0 Å². The third-order valence-corrected chi connectivity index (χ3v) is 20.1. The Morgan fingerprint density at radius 1 is 0.333 bits per heavy atom. The number of rotatable bonds is 4. The first-order valence-electron chi connectivity index (χ1n) is 16.9. The maximum absolute atomic E-state index is 4.01. The van der Waals surface area contributed by atoms with Crippen molar-refractivity contribution < 1.29 is 0 Å². The van der Waals surface area contributed by atoms with Crippen LogP contribution in [0.25, 0.3) is 10.8 Å². The molecule has 0 spiro atoms. The number of fused-ring (bicyclic) bond motifs is 1. The quantitative estimate of drug-likeness (QED) is 0.132. The summed E-state index contributed by atoms with van der Waals surface area (Å²) >= 11 is 0. The largest absolute Gasteiger partial charge is 0.204 e. The van der Waals surface area contributed by atoms with Crippen LogP contribution in [0.15, 0.2) is 158 Å². The van der Waals surface area contributed by atoms with Gasteiger partial charge in [-0.25, -0.2) is 0 Å². The first-order chi connectivity index (χ1) is 23.1. The van der Waals surface area contributed by atoms with Gasteiger partial charge in [0.25, 0.3) is 0 Å². The molecule has 0 bridgehead atoms. The molecule has 2 heteroatoms. The SMILES string of the molecule is CC(C)(C)[Si](C#Cc1ccc(C#C[Si](c2ccccc2)(c2ccccc2)C(C)(C)C)c2ccccc12)(c1ccccc1)c1ccccc1. The van der Waals surface area contributed by atoms with E-state index in [4.69, 9.17) is 0 Å². The summed E-state index contributed by atoms with van der Waals surface area (Å²) in [5, 5.41) is 7.58. The summed E-state index contributed by atoms with van der Waals surface area (Å²) in [5.74, 6) is 7.56. The molecule has 0 saturated heterocycles. The molecule has 0 aliphatic rings. The normalized spacial score (nSPS) is 12.0. The van der Waals surface area contributed by atoms with Crippen LogP contribution in [0.4, 0.5) is 0 Å². The Kier molecular flexibility index (Phi) is 9.18. The summed E-state index contributed by atoms with van der Waals surface area (Å²) in [6, 6.07) is 56.9. The van der Waals surface area contributed by atoms with E-state index in [-0.39, 0.29) is 10.1 Å². The zero-order valence-corrected chi connectivity index (χ0v) is 31.0. The van der Waals surface area contributed by atoms with Gasteiger partial charge < -0.3 is 0 Å². The summed E-state index contributed by atoms with van der Waals surface area (Å²) in [5.41, 5.74) is 10.1. The number of benzene rings is 6. The molecule has 48 heavy (non-hydrogen) atoms.